The fraction of sp³-hybridized carbons (Fsp3) is 0.269. The summed E-state index contributed by atoms with van der Waals surface area (Å²) in [7, 11) is -4.61. The fourth-order valence-corrected chi connectivity index (χ4v) is 4.48. The smallest absolute Gasteiger partial charge is 0.379 e. The molecule has 0 aliphatic heterocycles. The van der Waals surface area contributed by atoms with E-state index in [1.54, 1.807) is 13.0 Å². The second kappa shape index (κ2) is 11.1. The Bertz CT molecular complexity index is 1390. The Morgan fingerprint density at radius 3 is 2.05 bits per heavy atom. The van der Waals surface area contributed by atoms with Crippen LogP contribution < -0.4 is 4.18 Å². The second-order valence-electron chi connectivity index (χ2n) is 8.48. The number of halogens is 6. The predicted octanol–water partition coefficient (Wildman–Crippen LogP) is 6.93. The average molecular weight is 560 g/mol. The van der Waals surface area contributed by atoms with Crippen LogP contribution in [0.3, 0.4) is 0 Å². The van der Waals surface area contributed by atoms with Gasteiger partial charge in [-0.05, 0) is 73.5 Å². The molecule has 0 radical (unpaired) electrons. The minimum absolute atomic E-state index is 0.0321. The third kappa shape index (κ3) is 7.06. The first kappa shape index (κ1) is 29.0. The van der Waals surface area contributed by atoms with Gasteiger partial charge in [0.2, 0.25) is 0 Å². The minimum atomic E-state index is -4.75. The summed E-state index contributed by atoms with van der Waals surface area (Å²) in [4.78, 5) is 13.9. The lowest BCUT2D eigenvalue weighted by Gasteiger charge is -2.29. The van der Waals surface area contributed by atoms with Gasteiger partial charge in [-0.3, -0.25) is 4.79 Å². The van der Waals surface area contributed by atoms with Crippen molar-refractivity contribution in [2.45, 2.75) is 50.1 Å². The van der Waals surface area contributed by atoms with Crippen LogP contribution in [0.2, 0.25) is 0 Å². The van der Waals surface area contributed by atoms with Crippen LogP contribution in [0.4, 0.5) is 26.3 Å². The highest BCUT2D eigenvalue weighted by molar-refractivity contribution is 7.87. The van der Waals surface area contributed by atoms with Gasteiger partial charge in [-0.2, -0.15) is 34.8 Å². The zero-order valence-corrected chi connectivity index (χ0v) is 21.0. The standard InChI is InChI=1S/C26H23F6NO4S/c1-3-17(2)33(24(34)19-10-12-20(13-11-19)25(27,28)29)16-18-6-4-8-22(14-18)37-38(35,36)23-9-5-7-21(15-23)26(30,31)32/h4-15,17H,3,16H2,1-2H3. The van der Waals surface area contributed by atoms with Crippen LogP contribution in [0, 0.1) is 0 Å². The van der Waals surface area contributed by atoms with Crippen molar-refractivity contribution in [2.75, 3.05) is 0 Å². The van der Waals surface area contributed by atoms with Crippen molar-refractivity contribution in [3.63, 3.8) is 0 Å². The molecular formula is C26H23F6NO4S. The van der Waals surface area contributed by atoms with E-state index in [1.807, 2.05) is 6.92 Å². The Kier molecular flexibility index (Phi) is 8.45. The lowest BCUT2D eigenvalue weighted by Crippen LogP contribution is -2.37. The van der Waals surface area contributed by atoms with Crippen molar-refractivity contribution in [2.24, 2.45) is 0 Å². The number of hydrogen-bond donors (Lipinski definition) is 0. The summed E-state index contributed by atoms with van der Waals surface area (Å²) >= 11 is 0. The molecule has 0 N–H and O–H groups in total. The van der Waals surface area contributed by atoms with E-state index in [9.17, 15) is 39.6 Å². The summed E-state index contributed by atoms with van der Waals surface area (Å²) in [6, 6.07) is 12.2. The molecule has 0 saturated carbocycles. The van der Waals surface area contributed by atoms with Crippen molar-refractivity contribution in [3.8, 4) is 5.75 Å². The van der Waals surface area contributed by atoms with Crippen LogP contribution in [0.25, 0.3) is 0 Å². The van der Waals surface area contributed by atoms with Crippen molar-refractivity contribution >= 4 is 16.0 Å². The fourth-order valence-electron chi connectivity index (χ4n) is 3.51. The maximum absolute atomic E-state index is 13.1. The van der Waals surface area contributed by atoms with Crippen LogP contribution in [-0.2, 0) is 29.0 Å². The molecule has 0 aromatic heterocycles. The van der Waals surface area contributed by atoms with Crippen molar-refractivity contribution in [1.82, 2.24) is 4.90 Å². The Labute approximate surface area is 215 Å². The van der Waals surface area contributed by atoms with Gasteiger partial charge in [0.15, 0.2) is 0 Å². The summed E-state index contributed by atoms with van der Waals surface area (Å²) in [5.41, 5.74) is -1.57. The van der Waals surface area contributed by atoms with Crippen molar-refractivity contribution in [1.29, 1.82) is 0 Å². The second-order valence-corrected chi connectivity index (χ2v) is 10.0. The molecule has 0 aliphatic rings. The number of nitrogens with zero attached hydrogens (tertiary/aromatic N) is 1. The number of carbonyl (C=O) groups excluding carboxylic acids is 1. The Balaban J connectivity index is 1.84. The molecule has 0 heterocycles. The van der Waals surface area contributed by atoms with E-state index in [-0.39, 0.29) is 23.9 Å². The van der Waals surface area contributed by atoms with E-state index in [0.29, 0.717) is 18.1 Å². The van der Waals surface area contributed by atoms with E-state index in [2.05, 4.69) is 0 Å². The summed E-state index contributed by atoms with van der Waals surface area (Å²) in [6.45, 7) is 3.54. The third-order valence-corrected chi connectivity index (χ3v) is 6.99. The number of alkyl halides is 6. The molecule has 3 rings (SSSR count). The quantitative estimate of drug-likeness (QED) is 0.222. The van der Waals surface area contributed by atoms with Gasteiger partial charge in [0.05, 0.1) is 11.1 Å². The SMILES string of the molecule is CCC(C)N(Cc1cccc(OS(=O)(=O)c2cccc(C(F)(F)F)c2)c1)C(=O)c1ccc(C(F)(F)F)cc1. The van der Waals surface area contributed by atoms with Crippen LogP contribution >= 0.6 is 0 Å². The van der Waals surface area contributed by atoms with E-state index in [4.69, 9.17) is 4.18 Å². The highest BCUT2D eigenvalue weighted by Crippen LogP contribution is 2.32. The van der Waals surface area contributed by atoms with Gasteiger partial charge in [-0.15, -0.1) is 0 Å². The maximum Gasteiger partial charge on any atom is 0.416 e. The van der Waals surface area contributed by atoms with Gasteiger partial charge >= 0.3 is 22.5 Å². The molecule has 38 heavy (non-hydrogen) atoms. The molecule has 0 bridgehead atoms. The van der Waals surface area contributed by atoms with Gasteiger partial charge < -0.3 is 9.08 Å². The summed E-state index contributed by atoms with van der Waals surface area (Å²) in [5, 5.41) is 0. The zero-order chi connectivity index (χ0) is 28.3. The van der Waals surface area contributed by atoms with Crippen LogP contribution in [0.5, 0.6) is 5.75 Å². The first-order valence-corrected chi connectivity index (χ1v) is 12.7. The van der Waals surface area contributed by atoms with E-state index in [0.717, 1.165) is 42.5 Å². The molecule has 5 nitrogen and oxygen atoms in total. The Morgan fingerprint density at radius 2 is 1.47 bits per heavy atom. The average Bonchev–Trinajstić information content (AvgIpc) is 2.85. The van der Waals surface area contributed by atoms with Crippen molar-refractivity contribution < 1.29 is 43.7 Å². The predicted molar refractivity (Wildman–Crippen MR) is 127 cm³/mol. The summed E-state index contributed by atoms with van der Waals surface area (Å²) in [6.07, 6.45) is -8.77. The summed E-state index contributed by atoms with van der Waals surface area (Å²) in [5.74, 6) is -0.720. The molecule has 0 saturated heterocycles. The highest BCUT2D eigenvalue weighted by atomic mass is 32.2. The van der Waals surface area contributed by atoms with Crippen LogP contribution in [0.1, 0.15) is 47.3 Å². The van der Waals surface area contributed by atoms with Gasteiger partial charge in [0.25, 0.3) is 5.91 Å². The number of benzene rings is 3. The molecule has 3 aromatic carbocycles. The molecule has 0 spiro atoms. The Morgan fingerprint density at radius 1 is 0.868 bits per heavy atom. The first-order chi connectivity index (χ1) is 17.6. The van der Waals surface area contributed by atoms with Gasteiger partial charge in [-0.25, -0.2) is 0 Å². The van der Waals surface area contributed by atoms with Crippen LogP contribution in [0.15, 0.2) is 77.7 Å². The Hall–Kier alpha value is -3.54. The molecule has 0 fully saturated rings. The number of hydrogen-bond acceptors (Lipinski definition) is 4. The van der Waals surface area contributed by atoms with E-state index >= 15 is 0 Å². The number of amides is 1. The van der Waals surface area contributed by atoms with Gasteiger partial charge in [-0.1, -0.05) is 25.1 Å². The summed E-state index contributed by atoms with van der Waals surface area (Å²) < 4.78 is 108. The topological polar surface area (TPSA) is 63.7 Å². The van der Waals surface area contributed by atoms with Gasteiger partial charge in [0.1, 0.15) is 10.6 Å². The largest absolute Gasteiger partial charge is 0.416 e. The van der Waals surface area contributed by atoms with Crippen LogP contribution in [-0.4, -0.2) is 25.3 Å². The molecule has 1 atom stereocenters. The molecule has 0 aliphatic carbocycles. The monoisotopic (exact) mass is 559 g/mol. The maximum atomic E-state index is 13.1. The zero-order valence-electron chi connectivity index (χ0n) is 20.2. The van der Waals surface area contributed by atoms with Gasteiger partial charge in [0, 0.05) is 18.2 Å². The molecular weight excluding hydrogens is 536 g/mol. The lowest BCUT2D eigenvalue weighted by molar-refractivity contribution is -0.138. The number of rotatable bonds is 8. The molecule has 1 amide bonds. The molecule has 1 unspecified atom stereocenters. The first-order valence-electron chi connectivity index (χ1n) is 11.3. The highest BCUT2D eigenvalue weighted by Gasteiger charge is 2.32. The van der Waals surface area contributed by atoms with Crippen molar-refractivity contribution in [3.05, 3.63) is 95.1 Å². The normalized spacial score (nSPS) is 13.2. The van der Waals surface area contributed by atoms with E-state index < -0.39 is 44.4 Å². The number of carbonyl (C=O) groups is 1. The molecule has 12 heteroatoms. The third-order valence-electron chi connectivity index (χ3n) is 5.75. The lowest BCUT2D eigenvalue weighted by atomic mass is 10.1. The molecule has 204 valence electrons. The molecule has 3 aromatic rings. The van der Waals surface area contributed by atoms with E-state index in [1.165, 1.54) is 23.1 Å². The minimum Gasteiger partial charge on any atom is -0.379 e.